The predicted molar refractivity (Wildman–Crippen MR) is 99.9 cm³/mol. The van der Waals surface area contributed by atoms with Gasteiger partial charge in [-0.3, -0.25) is 0 Å². The molecule has 0 atom stereocenters. The summed E-state index contributed by atoms with van der Waals surface area (Å²) in [6.07, 6.45) is 14.1. The smallest absolute Gasteiger partial charge is 0.0768 e. The molecule has 3 heteroatoms. The van der Waals surface area contributed by atoms with Crippen LogP contribution < -0.4 is 0 Å². The van der Waals surface area contributed by atoms with Crippen molar-refractivity contribution in [3.8, 4) is 11.8 Å². The summed E-state index contributed by atoms with van der Waals surface area (Å²) in [6, 6.07) is 4.14. The lowest BCUT2D eigenvalue weighted by Crippen LogP contribution is -2.00. The second kappa shape index (κ2) is 16.1. The van der Waals surface area contributed by atoms with Crippen molar-refractivity contribution in [2.75, 3.05) is 19.8 Å². The van der Waals surface area contributed by atoms with Crippen molar-refractivity contribution in [2.45, 2.75) is 70.6 Å². The highest BCUT2D eigenvalue weighted by Gasteiger charge is 1.93. The van der Waals surface area contributed by atoms with Crippen LogP contribution in [0.5, 0.6) is 0 Å². The van der Waals surface area contributed by atoms with Crippen molar-refractivity contribution in [1.82, 2.24) is 0 Å². The van der Waals surface area contributed by atoms with Gasteiger partial charge < -0.3 is 9.84 Å². The average molecular weight is 337 g/mol. The van der Waals surface area contributed by atoms with Crippen molar-refractivity contribution >= 4 is 11.3 Å². The molecule has 0 spiro atoms. The molecular weight excluding hydrogens is 304 g/mol. The molecule has 0 aromatic carbocycles. The van der Waals surface area contributed by atoms with E-state index in [-0.39, 0.29) is 6.61 Å². The molecule has 1 N–H and O–H groups in total. The Morgan fingerprint density at radius 3 is 2.13 bits per heavy atom. The molecule has 1 aromatic rings. The van der Waals surface area contributed by atoms with Crippen LogP contribution in [0.2, 0.25) is 0 Å². The third-order valence-electron chi connectivity index (χ3n) is 3.81. The quantitative estimate of drug-likeness (QED) is 0.364. The number of rotatable bonds is 14. The van der Waals surface area contributed by atoms with Crippen molar-refractivity contribution < 1.29 is 9.84 Å². The first kappa shape index (κ1) is 20.2. The van der Waals surface area contributed by atoms with Crippen molar-refractivity contribution in [2.24, 2.45) is 0 Å². The van der Waals surface area contributed by atoms with Gasteiger partial charge in [-0.05, 0) is 24.3 Å². The van der Waals surface area contributed by atoms with Crippen LogP contribution in [-0.2, 0) is 4.74 Å². The van der Waals surface area contributed by atoms with E-state index in [1.54, 1.807) is 11.3 Å². The van der Waals surface area contributed by atoms with Crippen molar-refractivity contribution in [3.05, 3.63) is 22.4 Å². The summed E-state index contributed by atoms with van der Waals surface area (Å²) in [6.45, 7) is 1.43. The monoisotopic (exact) mass is 336 g/mol. The van der Waals surface area contributed by atoms with E-state index in [1.807, 2.05) is 0 Å². The zero-order chi connectivity index (χ0) is 16.4. The zero-order valence-corrected chi connectivity index (χ0v) is 15.2. The van der Waals surface area contributed by atoms with E-state index in [0.29, 0.717) is 6.61 Å². The Kier molecular flexibility index (Phi) is 14.1. The Morgan fingerprint density at radius 1 is 0.870 bits per heavy atom. The Balaban J connectivity index is 1.73. The number of thiophene rings is 1. The lowest BCUT2D eigenvalue weighted by atomic mass is 10.1. The summed E-state index contributed by atoms with van der Waals surface area (Å²) < 4.78 is 5.24. The molecule has 0 aliphatic heterocycles. The van der Waals surface area contributed by atoms with Gasteiger partial charge in [0.15, 0.2) is 0 Å². The highest BCUT2D eigenvalue weighted by atomic mass is 32.1. The minimum atomic E-state index is 0.140. The molecule has 1 rings (SSSR count). The number of hydrogen-bond acceptors (Lipinski definition) is 3. The third-order valence-corrected chi connectivity index (χ3v) is 4.59. The van der Waals surface area contributed by atoms with E-state index < -0.39 is 0 Å². The third kappa shape index (κ3) is 13.3. The van der Waals surface area contributed by atoms with E-state index in [4.69, 9.17) is 9.84 Å². The number of hydrogen-bond donors (Lipinski definition) is 1. The zero-order valence-electron chi connectivity index (χ0n) is 14.4. The van der Waals surface area contributed by atoms with Crippen LogP contribution in [-0.4, -0.2) is 24.9 Å². The normalized spacial score (nSPS) is 10.5. The largest absolute Gasteiger partial charge is 0.394 e. The van der Waals surface area contributed by atoms with Crippen LogP contribution in [0.3, 0.4) is 0 Å². The first-order valence-electron chi connectivity index (χ1n) is 9.14. The molecule has 0 radical (unpaired) electrons. The van der Waals surface area contributed by atoms with E-state index in [0.717, 1.165) is 19.4 Å². The maximum atomic E-state index is 8.58. The first-order chi connectivity index (χ1) is 11.4. The van der Waals surface area contributed by atoms with Gasteiger partial charge in [0, 0.05) is 13.0 Å². The Morgan fingerprint density at radius 2 is 1.52 bits per heavy atom. The van der Waals surface area contributed by atoms with Crippen LogP contribution in [0.25, 0.3) is 0 Å². The molecule has 0 bridgehead atoms. The standard InChI is InChI=1S/C20H32O2S/c21-16-18-22-17-12-10-8-6-4-2-1-3-5-7-9-11-14-20-15-13-19-23-20/h13,15,19,21H,1-10,12,16-18H2. The molecular formula is C20H32O2S. The second-order valence-corrected chi connectivity index (χ2v) is 6.85. The molecule has 0 aliphatic rings. The van der Waals surface area contributed by atoms with Crippen LogP contribution in [0, 0.1) is 11.8 Å². The van der Waals surface area contributed by atoms with Gasteiger partial charge in [0.1, 0.15) is 0 Å². The Labute approximate surface area is 146 Å². The van der Waals surface area contributed by atoms with Crippen LogP contribution >= 0.6 is 11.3 Å². The van der Waals surface area contributed by atoms with Gasteiger partial charge in [-0.1, -0.05) is 69.3 Å². The van der Waals surface area contributed by atoms with Gasteiger partial charge in [-0.15, -0.1) is 11.3 Å². The van der Waals surface area contributed by atoms with E-state index >= 15 is 0 Å². The second-order valence-electron chi connectivity index (χ2n) is 5.90. The molecule has 1 aromatic heterocycles. The van der Waals surface area contributed by atoms with Crippen molar-refractivity contribution in [3.63, 3.8) is 0 Å². The summed E-state index contributed by atoms with van der Waals surface area (Å²) in [5.41, 5.74) is 0. The van der Waals surface area contributed by atoms with Crippen LogP contribution in [0.15, 0.2) is 17.5 Å². The number of aliphatic hydroxyl groups excluding tert-OH is 1. The van der Waals surface area contributed by atoms with Gasteiger partial charge in [0.05, 0.1) is 18.1 Å². The summed E-state index contributed by atoms with van der Waals surface area (Å²) in [7, 11) is 0. The minimum Gasteiger partial charge on any atom is -0.394 e. The van der Waals surface area contributed by atoms with Gasteiger partial charge in [0.25, 0.3) is 0 Å². The van der Waals surface area contributed by atoms with E-state index in [9.17, 15) is 0 Å². The Hall–Kier alpha value is -0.820. The lowest BCUT2D eigenvalue weighted by Gasteiger charge is -2.03. The van der Waals surface area contributed by atoms with Crippen molar-refractivity contribution in [1.29, 1.82) is 0 Å². The fourth-order valence-electron chi connectivity index (χ4n) is 2.50. The first-order valence-corrected chi connectivity index (χ1v) is 10.0. The molecule has 0 aliphatic carbocycles. The maximum Gasteiger partial charge on any atom is 0.0768 e. The maximum absolute atomic E-state index is 8.58. The van der Waals surface area contributed by atoms with E-state index in [2.05, 4.69) is 29.4 Å². The molecule has 0 saturated heterocycles. The Bertz CT molecular complexity index is 403. The van der Waals surface area contributed by atoms with Crippen LogP contribution in [0.4, 0.5) is 0 Å². The molecule has 0 saturated carbocycles. The summed E-state index contributed by atoms with van der Waals surface area (Å²) in [5, 5.41) is 10.7. The summed E-state index contributed by atoms with van der Waals surface area (Å²) >= 11 is 1.72. The number of aliphatic hydroxyl groups is 1. The molecule has 0 fully saturated rings. The highest BCUT2D eigenvalue weighted by Crippen LogP contribution is 2.11. The molecule has 2 nitrogen and oxygen atoms in total. The van der Waals surface area contributed by atoms with Crippen LogP contribution in [0.1, 0.15) is 75.5 Å². The predicted octanol–water partition coefficient (Wildman–Crippen LogP) is 5.40. The van der Waals surface area contributed by atoms with Gasteiger partial charge in [0.2, 0.25) is 0 Å². The van der Waals surface area contributed by atoms with Gasteiger partial charge in [-0.2, -0.15) is 0 Å². The van der Waals surface area contributed by atoms with E-state index in [1.165, 1.54) is 62.7 Å². The van der Waals surface area contributed by atoms with Gasteiger partial charge >= 0.3 is 0 Å². The number of ether oxygens (including phenoxy) is 1. The fraction of sp³-hybridized carbons (Fsp3) is 0.700. The number of unbranched alkanes of at least 4 members (excludes halogenated alkanes) is 10. The average Bonchev–Trinajstić information content (AvgIpc) is 3.08. The molecule has 130 valence electrons. The molecule has 23 heavy (non-hydrogen) atoms. The lowest BCUT2D eigenvalue weighted by molar-refractivity contribution is 0.0895. The topological polar surface area (TPSA) is 29.5 Å². The molecule has 0 amide bonds. The SMILES string of the molecule is OCCOCCCCCCCCCCCCC#Cc1cccs1. The minimum absolute atomic E-state index is 0.140. The molecule has 1 heterocycles. The fourth-order valence-corrected chi connectivity index (χ4v) is 3.09. The van der Waals surface area contributed by atoms with Gasteiger partial charge in [-0.25, -0.2) is 0 Å². The molecule has 0 unspecified atom stereocenters. The summed E-state index contributed by atoms with van der Waals surface area (Å²) in [4.78, 5) is 1.19. The summed E-state index contributed by atoms with van der Waals surface area (Å²) in [5.74, 6) is 6.49. The highest BCUT2D eigenvalue weighted by molar-refractivity contribution is 7.10.